The number of nitrogens with zero attached hydrogens (tertiary/aromatic N) is 3. The van der Waals surface area contributed by atoms with E-state index in [0.717, 1.165) is 38.8 Å². The second kappa shape index (κ2) is 8.98. The third kappa shape index (κ3) is 4.30. The summed E-state index contributed by atoms with van der Waals surface area (Å²) in [5, 5.41) is 2.83. The Morgan fingerprint density at radius 2 is 1.47 bits per heavy atom. The summed E-state index contributed by atoms with van der Waals surface area (Å²) in [7, 11) is 0. The van der Waals surface area contributed by atoms with E-state index < -0.39 is 0 Å². The van der Waals surface area contributed by atoms with Crippen LogP contribution < -0.4 is 15.1 Å². The van der Waals surface area contributed by atoms with Crippen LogP contribution in [0.5, 0.6) is 0 Å². The summed E-state index contributed by atoms with van der Waals surface area (Å²) in [4.78, 5) is 43.5. The fraction of sp³-hybridized carbons (Fsp3) is 0.348. The molecule has 1 saturated heterocycles. The van der Waals surface area contributed by atoms with Crippen molar-refractivity contribution in [1.82, 2.24) is 4.90 Å². The molecule has 30 heavy (non-hydrogen) atoms. The molecule has 4 amide bonds. The van der Waals surface area contributed by atoms with Crippen LogP contribution in [0.25, 0.3) is 0 Å². The lowest BCUT2D eigenvalue weighted by Gasteiger charge is -2.36. The normalized spacial score (nSPS) is 16.7. The molecule has 0 unspecified atom stereocenters. The second-order valence-corrected chi connectivity index (χ2v) is 7.65. The van der Waals surface area contributed by atoms with E-state index in [1.54, 1.807) is 24.3 Å². The van der Waals surface area contributed by atoms with Crippen molar-refractivity contribution in [2.45, 2.75) is 25.7 Å². The molecule has 2 heterocycles. The first-order valence-corrected chi connectivity index (χ1v) is 10.4. The maximum absolute atomic E-state index is 12.9. The summed E-state index contributed by atoms with van der Waals surface area (Å²) in [6.45, 7) is 1.38. The van der Waals surface area contributed by atoms with Crippen LogP contribution in [-0.2, 0) is 9.59 Å². The topological polar surface area (TPSA) is 73.0 Å². The molecule has 0 spiro atoms. The summed E-state index contributed by atoms with van der Waals surface area (Å²) < 4.78 is 0. The summed E-state index contributed by atoms with van der Waals surface area (Å²) in [5.74, 6) is -0.303. The Labute approximate surface area is 176 Å². The van der Waals surface area contributed by atoms with Crippen molar-refractivity contribution in [3.63, 3.8) is 0 Å². The number of nitrogens with one attached hydrogen (secondary N) is 1. The van der Waals surface area contributed by atoms with Crippen LogP contribution in [0.4, 0.5) is 21.9 Å². The van der Waals surface area contributed by atoms with Gasteiger partial charge in [-0.25, -0.2) is 4.79 Å². The van der Waals surface area contributed by atoms with Gasteiger partial charge in [0, 0.05) is 18.8 Å². The van der Waals surface area contributed by atoms with Crippen LogP contribution in [0.2, 0.25) is 0 Å². The molecule has 7 heteroatoms. The standard InChI is InChI=1S/C23H26N4O3/c28-21(25-14-8-1-2-9-15-25)16-26-19-12-6-7-13-20(19)27(17-22(26)29)23(30)24-18-10-4-3-5-11-18/h3-7,10-13H,1-2,8-9,14-17H2,(H,24,30). The molecule has 0 saturated carbocycles. The Balaban J connectivity index is 1.53. The van der Waals surface area contributed by atoms with E-state index in [9.17, 15) is 14.4 Å². The van der Waals surface area contributed by atoms with Crippen molar-refractivity contribution >= 4 is 34.9 Å². The number of hydrogen-bond acceptors (Lipinski definition) is 3. The van der Waals surface area contributed by atoms with E-state index in [2.05, 4.69) is 5.32 Å². The second-order valence-electron chi connectivity index (χ2n) is 7.65. The average molecular weight is 406 g/mol. The first-order valence-electron chi connectivity index (χ1n) is 10.4. The maximum atomic E-state index is 12.9. The van der Waals surface area contributed by atoms with E-state index in [-0.39, 0.29) is 30.9 Å². The number of hydrogen-bond donors (Lipinski definition) is 1. The van der Waals surface area contributed by atoms with Crippen LogP contribution in [0.1, 0.15) is 25.7 Å². The van der Waals surface area contributed by atoms with Gasteiger partial charge in [-0.1, -0.05) is 43.2 Å². The molecule has 0 bridgehead atoms. The van der Waals surface area contributed by atoms with E-state index in [1.165, 1.54) is 9.80 Å². The first-order chi connectivity index (χ1) is 14.6. The number of para-hydroxylation sites is 3. The average Bonchev–Trinajstić information content (AvgIpc) is 3.06. The monoisotopic (exact) mass is 406 g/mol. The molecule has 1 fully saturated rings. The number of fused-ring (bicyclic) bond motifs is 1. The number of likely N-dealkylation sites (tertiary alicyclic amines) is 1. The van der Waals surface area contributed by atoms with Crippen LogP contribution in [0.15, 0.2) is 54.6 Å². The van der Waals surface area contributed by atoms with Crippen molar-refractivity contribution in [3.05, 3.63) is 54.6 Å². The van der Waals surface area contributed by atoms with Crippen LogP contribution in [0, 0.1) is 0 Å². The summed E-state index contributed by atoms with van der Waals surface area (Å²) in [6.07, 6.45) is 4.29. The fourth-order valence-electron chi connectivity index (χ4n) is 3.98. The third-order valence-corrected chi connectivity index (χ3v) is 5.58. The molecule has 4 rings (SSSR count). The summed E-state index contributed by atoms with van der Waals surface area (Å²) >= 11 is 0. The van der Waals surface area contributed by atoms with E-state index in [4.69, 9.17) is 0 Å². The van der Waals surface area contributed by atoms with Gasteiger partial charge in [0.1, 0.15) is 13.1 Å². The zero-order valence-corrected chi connectivity index (χ0v) is 16.9. The highest BCUT2D eigenvalue weighted by Gasteiger charge is 2.34. The smallest absolute Gasteiger partial charge is 0.326 e. The lowest BCUT2D eigenvalue weighted by molar-refractivity contribution is -0.131. The lowest BCUT2D eigenvalue weighted by Crippen LogP contribution is -2.52. The maximum Gasteiger partial charge on any atom is 0.326 e. The molecule has 2 aromatic rings. The number of carbonyl (C=O) groups is 3. The van der Waals surface area contributed by atoms with Crippen molar-refractivity contribution in [1.29, 1.82) is 0 Å². The number of benzene rings is 2. The van der Waals surface area contributed by atoms with Gasteiger partial charge in [-0.05, 0) is 37.1 Å². The van der Waals surface area contributed by atoms with E-state index >= 15 is 0 Å². The first kappa shape index (κ1) is 19.9. The van der Waals surface area contributed by atoms with Gasteiger partial charge >= 0.3 is 6.03 Å². The van der Waals surface area contributed by atoms with Gasteiger partial charge in [0.05, 0.1) is 11.4 Å². The molecule has 0 atom stereocenters. The van der Waals surface area contributed by atoms with Gasteiger partial charge in [-0.3, -0.25) is 19.4 Å². The fourth-order valence-corrected chi connectivity index (χ4v) is 3.98. The Kier molecular flexibility index (Phi) is 5.97. The largest absolute Gasteiger partial charge is 0.341 e. The van der Waals surface area contributed by atoms with Crippen LogP contribution in [0.3, 0.4) is 0 Å². The number of rotatable bonds is 3. The predicted molar refractivity (Wildman–Crippen MR) is 117 cm³/mol. The van der Waals surface area contributed by atoms with Gasteiger partial charge in [0.15, 0.2) is 0 Å². The number of amides is 4. The Morgan fingerprint density at radius 1 is 0.833 bits per heavy atom. The Hall–Kier alpha value is -3.35. The van der Waals surface area contributed by atoms with Crippen LogP contribution in [-0.4, -0.2) is 48.9 Å². The lowest BCUT2D eigenvalue weighted by atomic mass is 10.1. The quantitative estimate of drug-likeness (QED) is 0.848. The molecule has 2 aromatic carbocycles. The molecule has 7 nitrogen and oxygen atoms in total. The molecule has 0 radical (unpaired) electrons. The third-order valence-electron chi connectivity index (χ3n) is 5.58. The SMILES string of the molecule is O=C(CN1C(=O)CN(C(=O)Nc2ccccc2)c2ccccc21)N1CCCCCC1. The molecule has 0 aromatic heterocycles. The highest BCUT2D eigenvalue weighted by atomic mass is 16.2. The zero-order valence-electron chi connectivity index (χ0n) is 16.9. The van der Waals surface area contributed by atoms with Gasteiger partial charge in [0.2, 0.25) is 11.8 Å². The zero-order chi connectivity index (χ0) is 20.9. The predicted octanol–water partition coefficient (Wildman–Crippen LogP) is 3.47. The van der Waals surface area contributed by atoms with Gasteiger partial charge in [-0.15, -0.1) is 0 Å². The number of carbonyl (C=O) groups excluding carboxylic acids is 3. The highest BCUT2D eigenvalue weighted by molar-refractivity contribution is 6.15. The van der Waals surface area contributed by atoms with E-state index in [0.29, 0.717) is 17.1 Å². The Bertz CT molecular complexity index is 923. The van der Waals surface area contributed by atoms with Gasteiger partial charge < -0.3 is 10.2 Å². The van der Waals surface area contributed by atoms with Crippen molar-refractivity contribution in [3.8, 4) is 0 Å². The summed E-state index contributed by atoms with van der Waals surface area (Å²) in [5.41, 5.74) is 1.86. The van der Waals surface area contributed by atoms with Crippen LogP contribution >= 0.6 is 0 Å². The minimum atomic E-state index is -0.375. The van der Waals surface area contributed by atoms with E-state index in [1.807, 2.05) is 35.2 Å². The minimum absolute atomic E-state index is 0.00396. The molecule has 0 aliphatic carbocycles. The molecular weight excluding hydrogens is 380 g/mol. The molecular formula is C23H26N4O3. The minimum Gasteiger partial charge on any atom is -0.341 e. The number of anilines is 3. The van der Waals surface area contributed by atoms with Crippen molar-refractivity contribution in [2.24, 2.45) is 0 Å². The Morgan fingerprint density at radius 3 is 2.17 bits per heavy atom. The highest BCUT2D eigenvalue weighted by Crippen LogP contribution is 2.33. The summed E-state index contributed by atoms with van der Waals surface area (Å²) in [6, 6.07) is 16.0. The van der Waals surface area contributed by atoms with Gasteiger partial charge in [-0.2, -0.15) is 0 Å². The number of urea groups is 1. The van der Waals surface area contributed by atoms with Gasteiger partial charge in [0.25, 0.3) is 0 Å². The molecule has 1 N–H and O–H groups in total. The van der Waals surface area contributed by atoms with Crippen molar-refractivity contribution in [2.75, 3.05) is 41.3 Å². The van der Waals surface area contributed by atoms with Crippen molar-refractivity contribution < 1.29 is 14.4 Å². The molecule has 2 aliphatic rings. The molecule has 2 aliphatic heterocycles. The molecule has 156 valence electrons.